The van der Waals surface area contributed by atoms with Crippen LogP contribution in [0.2, 0.25) is 0 Å². The van der Waals surface area contributed by atoms with E-state index in [1.807, 2.05) is 0 Å². The van der Waals surface area contributed by atoms with Crippen molar-refractivity contribution in [3.8, 4) is 0 Å². The number of hydrogen-bond donors (Lipinski definition) is 0. The van der Waals surface area contributed by atoms with Crippen molar-refractivity contribution in [1.82, 2.24) is 4.90 Å². The zero-order chi connectivity index (χ0) is 25.6. The molecule has 0 radical (unpaired) electrons. The maximum Gasteiger partial charge on any atom is 0.302 e. The lowest BCUT2D eigenvalue weighted by Gasteiger charge is -2.58. The zero-order valence-electron chi connectivity index (χ0n) is 23.1. The van der Waals surface area contributed by atoms with Gasteiger partial charge in [0.05, 0.1) is 6.04 Å². The lowest BCUT2D eigenvalue weighted by molar-refractivity contribution is -0.148. The molecule has 198 valence electrons. The minimum absolute atomic E-state index is 0.0607. The first kappa shape index (κ1) is 24.6. The van der Waals surface area contributed by atoms with Gasteiger partial charge in [-0.3, -0.25) is 9.59 Å². The number of allylic oxidation sites excluding steroid dienone is 1. The minimum atomic E-state index is -0.148. The fraction of sp³-hybridized carbons (Fsp3) is 0.806. The van der Waals surface area contributed by atoms with Crippen LogP contribution < -0.4 is 0 Å². The predicted molar refractivity (Wildman–Crippen MR) is 139 cm³/mol. The smallest absolute Gasteiger partial charge is 0.302 e. The third-order valence-electron chi connectivity index (χ3n) is 11.7. The lowest BCUT2D eigenvalue weighted by Crippen LogP contribution is -2.50. The van der Waals surface area contributed by atoms with Crippen molar-refractivity contribution >= 4 is 11.9 Å². The van der Waals surface area contributed by atoms with Gasteiger partial charge in [0.15, 0.2) is 0 Å². The summed E-state index contributed by atoms with van der Waals surface area (Å²) in [5, 5.41) is 0. The number of hydrogen-bond acceptors (Lipinski definition) is 4. The molecule has 5 nitrogen and oxygen atoms in total. The highest BCUT2D eigenvalue weighted by atomic mass is 16.5. The van der Waals surface area contributed by atoms with E-state index in [0.717, 1.165) is 56.7 Å². The average Bonchev–Trinajstić information content (AvgIpc) is 3.44. The van der Waals surface area contributed by atoms with Crippen LogP contribution in [0.5, 0.6) is 0 Å². The number of fused-ring (bicyclic) bond motifs is 7. The minimum Gasteiger partial charge on any atom is -0.492 e. The molecule has 4 fully saturated rings. The number of likely N-dealkylation sites (tertiary alicyclic amines) is 1. The number of carbonyl (C=O) groups is 2. The van der Waals surface area contributed by atoms with Crippen molar-refractivity contribution in [2.24, 2.45) is 40.4 Å². The van der Waals surface area contributed by atoms with Crippen LogP contribution >= 0.6 is 0 Å². The first-order valence-electron chi connectivity index (χ1n) is 14.5. The summed E-state index contributed by atoms with van der Waals surface area (Å²) in [5.74, 6) is 4.31. The van der Waals surface area contributed by atoms with Crippen molar-refractivity contribution < 1.29 is 19.1 Å². The van der Waals surface area contributed by atoms with Crippen LogP contribution in [0.15, 0.2) is 23.0 Å². The van der Waals surface area contributed by atoms with E-state index < -0.39 is 0 Å². The Balaban J connectivity index is 1.25. The number of amides is 1. The van der Waals surface area contributed by atoms with Crippen LogP contribution in [-0.2, 0) is 19.1 Å². The molecule has 5 heteroatoms. The number of nitrogens with zero attached hydrogens (tertiary/aromatic N) is 1. The molecule has 0 N–H and O–H groups in total. The Bertz CT molecular complexity index is 1030. The van der Waals surface area contributed by atoms with E-state index in [1.165, 1.54) is 25.3 Å². The van der Waals surface area contributed by atoms with Crippen molar-refractivity contribution in [2.75, 3.05) is 6.54 Å². The van der Waals surface area contributed by atoms with Crippen LogP contribution in [0.25, 0.3) is 0 Å². The Hall–Kier alpha value is -1.78. The molecule has 0 spiro atoms. The van der Waals surface area contributed by atoms with Crippen molar-refractivity contribution in [3.05, 3.63) is 23.0 Å². The molecule has 0 aromatic carbocycles. The molecule has 0 aromatic heterocycles. The summed E-state index contributed by atoms with van der Waals surface area (Å²) in [4.78, 5) is 26.0. The van der Waals surface area contributed by atoms with Gasteiger partial charge in [0.1, 0.15) is 18.0 Å². The van der Waals surface area contributed by atoms with E-state index in [1.54, 1.807) is 12.5 Å². The SMILES string of the molecule is CC(=O)OC1CC[C@@]2(C)C(=CCC3C4CC5OC([C@H]6CC(C)CN6C(C)=O)=C(C)C5[C@@]4(C)CCC32)C1. The topological polar surface area (TPSA) is 55.8 Å². The van der Waals surface area contributed by atoms with E-state index in [2.05, 4.69) is 38.7 Å². The molecule has 7 unspecified atom stereocenters. The average molecular weight is 496 g/mol. The molecule has 6 aliphatic rings. The molecule has 6 rings (SSSR count). The highest BCUT2D eigenvalue weighted by Crippen LogP contribution is 2.69. The van der Waals surface area contributed by atoms with E-state index in [0.29, 0.717) is 23.7 Å². The summed E-state index contributed by atoms with van der Waals surface area (Å²) in [7, 11) is 0. The van der Waals surface area contributed by atoms with Gasteiger partial charge < -0.3 is 14.4 Å². The van der Waals surface area contributed by atoms with Crippen molar-refractivity contribution in [1.29, 1.82) is 0 Å². The summed E-state index contributed by atoms with van der Waals surface area (Å²) >= 11 is 0. The molecular weight excluding hydrogens is 450 g/mol. The monoisotopic (exact) mass is 495 g/mol. The van der Waals surface area contributed by atoms with Gasteiger partial charge in [-0.15, -0.1) is 0 Å². The van der Waals surface area contributed by atoms with E-state index in [4.69, 9.17) is 9.47 Å². The van der Waals surface area contributed by atoms with Gasteiger partial charge in [-0.05, 0) is 91.9 Å². The largest absolute Gasteiger partial charge is 0.492 e. The van der Waals surface area contributed by atoms with Gasteiger partial charge in [-0.1, -0.05) is 32.4 Å². The highest BCUT2D eigenvalue weighted by Gasteiger charge is 2.64. The number of esters is 1. The van der Waals surface area contributed by atoms with Crippen LogP contribution in [0.1, 0.15) is 92.9 Å². The number of ether oxygens (including phenoxy) is 2. The molecule has 0 bridgehead atoms. The quantitative estimate of drug-likeness (QED) is 0.346. The summed E-state index contributed by atoms with van der Waals surface area (Å²) in [5.41, 5.74) is 3.52. The lowest BCUT2D eigenvalue weighted by atomic mass is 9.47. The fourth-order valence-electron chi connectivity index (χ4n) is 10.2. The van der Waals surface area contributed by atoms with Gasteiger partial charge in [0, 0.05) is 32.7 Å². The standard InChI is InChI=1S/C31H45NO4/c1-17-13-26(32(16-17)19(3)33)29-18(2)28-27(36-29)15-25-23-8-7-21-14-22(35-20(4)34)9-11-30(21,5)24(23)10-12-31(25,28)6/h7,17,22-28H,8-16H2,1-6H3/t17?,22?,23?,24?,25?,26-,27?,28?,30+,31+/m1/s1. The Morgan fingerprint density at radius 3 is 2.61 bits per heavy atom. The normalized spacial score (nSPS) is 47.4. The molecule has 36 heavy (non-hydrogen) atoms. The second-order valence-electron chi connectivity index (χ2n) is 13.7. The molecule has 2 aliphatic heterocycles. The number of rotatable bonds is 2. The predicted octanol–water partition coefficient (Wildman–Crippen LogP) is 6.04. The van der Waals surface area contributed by atoms with Gasteiger partial charge >= 0.3 is 5.97 Å². The third-order valence-corrected chi connectivity index (χ3v) is 11.7. The summed E-state index contributed by atoms with van der Waals surface area (Å²) in [6, 6.07) is 0.132. The maximum absolute atomic E-state index is 12.4. The Labute approximate surface area is 217 Å². The van der Waals surface area contributed by atoms with Gasteiger partial charge in [0.25, 0.3) is 0 Å². The van der Waals surface area contributed by atoms with Crippen LogP contribution in [0.4, 0.5) is 0 Å². The zero-order valence-corrected chi connectivity index (χ0v) is 23.1. The van der Waals surface area contributed by atoms with E-state index in [-0.39, 0.29) is 41.0 Å². The van der Waals surface area contributed by atoms with Crippen LogP contribution in [-0.4, -0.2) is 41.6 Å². The molecule has 4 aliphatic carbocycles. The van der Waals surface area contributed by atoms with Gasteiger partial charge in [0.2, 0.25) is 5.91 Å². The molecule has 0 aromatic rings. The fourth-order valence-corrected chi connectivity index (χ4v) is 10.2. The second-order valence-corrected chi connectivity index (χ2v) is 13.7. The first-order chi connectivity index (χ1) is 17.0. The molecule has 10 atom stereocenters. The van der Waals surface area contributed by atoms with Crippen LogP contribution in [0, 0.1) is 40.4 Å². The highest BCUT2D eigenvalue weighted by molar-refractivity contribution is 5.74. The molecule has 3 saturated carbocycles. The van der Waals surface area contributed by atoms with E-state index >= 15 is 0 Å². The third kappa shape index (κ3) is 3.46. The Kier molecular flexibility index (Phi) is 5.70. The van der Waals surface area contributed by atoms with Gasteiger partial charge in [-0.2, -0.15) is 0 Å². The Morgan fingerprint density at radius 2 is 1.89 bits per heavy atom. The number of carbonyl (C=O) groups excluding carboxylic acids is 2. The maximum atomic E-state index is 12.4. The van der Waals surface area contributed by atoms with Crippen molar-refractivity contribution in [2.45, 2.75) is 111 Å². The molecule has 1 amide bonds. The van der Waals surface area contributed by atoms with E-state index in [9.17, 15) is 9.59 Å². The van der Waals surface area contributed by atoms with Gasteiger partial charge in [-0.25, -0.2) is 0 Å². The molecule has 2 heterocycles. The van der Waals surface area contributed by atoms with Crippen molar-refractivity contribution in [3.63, 3.8) is 0 Å². The molecule has 1 saturated heterocycles. The van der Waals surface area contributed by atoms with Crippen LogP contribution in [0.3, 0.4) is 0 Å². The summed E-state index contributed by atoms with van der Waals surface area (Å²) in [6.45, 7) is 13.7. The molecular formula is C31H45NO4. The Morgan fingerprint density at radius 1 is 1.11 bits per heavy atom. The summed E-state index contributed by atoms with van der Waals surface area (Å²) in [6.07, 6.45) is 11.8. The second kappa shape index (κ2) is 8.36. The summed E-state index contributed by atoms with van der Waals surface area (Å²) < 4.78 is 12.5. The first-order valence-corrected chi connectivity index (χ1v) is 14.5.